The zero-order valence-corrected chi connectivity index (χ0v) is 16.6. The summed E-state index contributed by atoms with van der Waals surface area (Å²) in [6, 6.07) is 15.9. The van der Waals surface area contributed by atoms with Crippen molar-refractivity contribution in [1.29, 1.82) is 0 Å². The van der Waals surface area contributed by atoms with Crippen LogP contribution in [0.5, 0.6) is 0 Å². The number of benzene rings is 2. The predicted octanol–water partition coefficient (Wildman–Crippen LogP) is 5.81. The zero-order chi connectivity index (χ0) is 19.2. The molecule has 0 saturated heterocycles. The lowest BCUT2D eigenvalue weighted by molar-refractivity contribution is 0.0977. The summed E-state index contributed by atoms with van der Waals surface area (Å²) in [4.78, 5) is 17.1. The Bertz CT molecular complexity index is 768. The van der Waals surface area contributed by atoms with Gasteiger partial charge in [0.15, 0.2) is 0 Å². The summed E-state index contributed by atoms with van der Waals surface area (Å²) in [5.74, 6) is 0.483. The maximum absolute atomic E-state index is 12.5. The minimum Gasteiger partial charge on any atom is -0.310 e. The van der Waals surface area contributed by atoms with Crippen molar-refractivity contribution < 1.29 is 4.79 Å². The summed E-state index contributed by atoms with van der Waals surface area (Å²) in [5.41, 5.74) is 4.09. The van der Waals surface area contributed by atoms with Gasteiger partial charge in [-0.15, -0.1) is 0 Å². The van der Waals surface area contributed by atoms with Crippen molar-refractivity contribution in [2.45, 2.75) is 59.3 Å². The Kier molecular flexibility index (Phi) is 6.73. The minimum atomic E-state index is -0.127. The van der Waals surface area contributed by atoms with Crippen LogP contribution >= 0.6 is 0 Å². The van der Waals surface area contributed by atoms with Crippen LogP contribution in [0.25, 0.3) is 0 Å². The van der Waals surface area contributed by atoms with E-state index in [1.165, 1.54) is 11.1 Å². The fraction of sp³-hybridized carbons (Fsp3) is 0.391. The second-order valence-corrected chi connectivity index (χ2v) is 7.71. The first-order valence-electron chi connectivity index (χ1n) is 9.36. The summed E-state index contributed by atoms with van der Waals surface area (Å²) >= 11 is 0. The van der Waals surface area contributed by atoms with E-state index in [4.69, 9.17) is 0 Å². The van der Waals surface area contributed by atoms with Crippen LogP contribution in [-0.2, 0) is 11.8 Å². The number of hydrogen-bond donors (Lipinski definition) is 1. The van der Waals surface area contributed by atoms with E-state index in [-0.39, 0.29) is 11.3 Å². The third-order valence-corrected chi connectivity index (χ3v) is 4.39. The maximum Gasteiger partial charge on any atom is 0.256 e. The van der Waals surface area contributed by atoms with Crippen molar-refractivity contribution >= 4 is 17.4 Å². The SMILES string of the molecule is CCCCc1ccccc1N=C(C)NC(=O)c1ccc(C(C)(C)C)cc1. The smallest absolute Gasteiger partial charge is 0.256 e. The molecule has 0 radical (unpaired) electrons. The van der Waals surface area contributed by atoms with Gasteiger partial charge in [-0.3, -0.25) is 4.79 Å². The van der Waals surface area contributed by atoms with E-state index in [0.717, 1.165) is 24.9 Å². The van der Waals surface area contributed by atoms with E-state index >= 15 is 0 Å². The van der Waals surface area contributed by atoms with Crippen LogP contribution in [0, 0.1) is 0 Å². The highest BCUT2D eigenvalue weighted by molar-refractivity contribution is 6.06. The second-order valence-electron chi connectivity index (χ2n) is 7.71. The summed E-state index contributed by atoms with van der Waals surface area (Å²) in [7, 11) is 0. The summed E-state index contributed by atoms with van der Waals surface area (Å²) in [5, 5.41) is 2.90. The molecule has 0 aromatic heterocycles. The molecule has 0 fully saturated rings. The van der Waals surface area contributed by atoms with Crippen molar-refractivity contribution in [3.8, 4) is 0 Å². The van der Waals surface area contributed by atoms with Crippen molar-refractivity contribution in [3.63, 3.8) is 0 Å². The first kappa shape index (κ1) is 19.9. The van der Waals surface area contributed by atoms with Gasteiger partial charge in [0.25, 0.3) is 5.91 Å². The number of amidine groups is 1. The van der Waals surface area contributed by atoms with Gasteiger partial charge in [0.05, 0.1) is 5.69 Å². The van der Waals surface area contributed by atoms with Gasteiger partial charge in [-0.25, -0.2) is 4.99 Å². The number of unbranched alkanes of at least 4 members (excludes halogenated alkanes) is 1. The normalized spacial score (nSPS) is 12.1. The number of nitrogens with one attached hydrogen (secondary N) is 1. The number of nitrogens with zero attached hydrogens (tertiary/aromatic N) is 1. The second kappa shape index (κ2) is 8.79. The molecule has 0 aliphatic heterocycles. The highest BCUT2D eigenvalue weighted by atomic mass is 16.1. The fourth-order valence-electron chi connectivity index (χ4n) is 2.77. The van der Waals surface area contributed by atoms with Crippen LogP contribution in [0.1, 0.15) is 68.9 Å². The van der Waals surface area contributed by atoms with Gasteiger partial charge in [-0.05, 0) is 54.5 Å². The average molecular weight is 351 g/mol. The molecule has 0 heterocycles. The van der Waals surface area contributed by atoms with Gasteiger partial charge >= 0.3 is 0 Å². The predicted molar refractivity (Wildman–Crippen MR) is 110 cm³/mol. The van der Waals surface area contributed by atoms with Crippen molar-refractivity contribution in [3.05, 3.63) is 65.2 Å². The van der Waals surface area contributed by atoms with Crippen LogP contribution in [-0.4, -0.2) is 11.7 Å². The molecule has 0 unspecified atom stereocenters. The highest BCUT2D eigenvalue weighted by Gasteiger charge is 2.14. The molecule has 2 rings (SSSR count). The molecule has 0 spiro atoms. The number of amides is 1. The van der Waals surface area contributed by atoms with Gasteiger partial charge in [0.1, 0.15) is 5.84 Å². The van der Waals surface area contributed by atoms with E-state index in [9.17, 15) is 4.79 Å². The van der Waals surface area contributed by atoms with Crippen molar-refractivity contribution in [2.75, 3.05) is 0 Å². The molecule has 1 amide bonds. The van der Waals surface area contributed by atoms with Gasteiger partial charge in [0, 0.05) is 5.56 Å². The Morgan fingerprint density at radius 2 is 1.69 bits per heavy atom. The molecular formula is C23H30N2O. The van der Waals surface area contributed by atoms with Gasteiger partial charge in [-0.1, -0.05) is 64.4 Å². The van der Waals surface area contributed by atoms with Crippen LogP contribution in [0.15, 0.2) is 53.5 Å². The lowest BCUT2D eigenvalue weighted by atomic mass is 9.87. The third kappa shape index (κ3) is 5.55. The topological polar surface area (TPSA) is 41.5 Å². The molecular weight excluding hydrogens is 320 g/mol. The number of hydrogen-bond acceptors (Lipinski definition) is 2. The Labute approximate surface area is 157 Å². The molecule has 2 aromatic carbocycles. The number of aryl methyl sites for hydroxylation is 1. The number of carbonyl (C=O) groups excluding carboxylic acids is 1. The van der Waals surface area contributed by atoms with E-state index < -0.39 is 0 Å². The molecule has 0 bridgehead atoms. The average Bonchev–Trinajstić information content (AvgIpc) is 2.60. The Morgan fingerprint density at radius 3 is 2.31 bits per heavy atom. The molecule has 138 valence electrons. The maximum atomic E-state index is 12.5. The van der Waals surface area contributed by atoms with E-state index in [1.807, 2.05) is 49.4 Å². The number of rotatable bonds is 5. The molecule has 0 atom stereocenters. The molecule has 3 heteroatoms. The Morgan fingerprint density at radius 1 is 1.04 bits per heavy atom. The summed E-state index contributed by atoms with van der Waals surface area (Å²) in [6.07, 6.45) is 3.29. The lowest BCUT2D eigenvalue weighted by Gasteiger charge is -2.19. The van der Waals surface area contributed by atoms with Crippen LogP contribution in [0.2, 0.25) is 0 Å². The summed E-state index contributed by atoms with van der Waals surface area (Å²) in [6.45, 7) is 10.5. The van der Waals surface area contributed by atoms with E-state index in [1.54, 1.807) is 0 Å². The Balaban J connectivity index is 2.10. The third-order valence-electron chi connectivity index (χ3n) is 4.39. The molecule has 3 nitrogen and oxygen atoms in total. The van der Waals surface area contributed by atoms with Gasteiger partial charge in [0.2, 0.25) is 0 Å². The van der Waals surface area contributed by atoms with Crippen molar-refractivity contribution in [1.82, 2.24) is 5.32 Å². The highest BCUT2D eigenvalue weighted by Crippen LogP contribution is 2.23. The van der Waals surface area contributed by atoms with Crippen LogP contribution < -0.4 is 5.32 Å². The molecule has 0 aliphatic rings. The van der Waals surface area contributed by atoms with Gasteiger partial charge in [-0.2, -0.15) is 0 Å². The first-order chi connectivity index (χ1) is 12.3. The van der Waals surface area contributed by atoms with Crippen LogP contribution in [0.3, 0.4) is 0 Å². The molecule has 26 heavy (non-hydrogen) atoms. The molecule has 1 N–H and O–H groups in total. The van der Waals surface area contributed by atoms with Crippen molar-refractivity contribution in [2.24, 2.45) is 4.99 Å². The zero-order valence-electron chi connectivity index (χ0n) is 16.6. The Hall–Kier alpha value is -2.42. The molecule has 0 aliphatic carbocycles. The minimum absolute atomic E-state index is 0.0780. The number of carbonyl (C=O) groups is 1. The first-order valence-corrected chi connectivity index (χ1v) is 9.36. The monoisotopic (exact) mass is 350 g/mol. The fourth-order valence-corrected chi connectivity index (χ4v) is 2.77. The standard InChI is InChI=1S/C23H30N2O/c1-6-7-10-18-11-8-9-12-21(18)24-17(2)25-22(26)19-13-15-20(16-14-19)23(3,4)5/h8-9,11-16H,6-7,10H2,1-5H3,(H,24,25,26). The quantitative estimate of drug-likeness (QED) is 0.537. The number of para-hydroxylation sites is 1. The largest absolute Gasteiger partial charge is 0.310 e. The number of aliphatic imine (C=N–C) groups is 1. The van der Waals surface area contributed by atoms with Gasteiger partial charge < -0.3 is 5.32 Å². The molecule has 2 aromatic rings. The molecule has 0 saturated carbocycles. The van der Waals surface area contributed by atoms with Crippen LogP contribution in [0.4, 0.5) is 5.69 Å². The lowest BCUT2D eigenvalue weighted by Crippen LogP contribution is -2.28. The van der Waals surface area contributed by atoms with E-state index in [0.29, 0.717) is 11.4 Å². The van der Waals surface area contributed by atoms with E-state index in [2.05, 4.69) is 44.1 Å². The summed E-state index contributed by atoms with van der Waals surface area (Å²) < 4.78 is 0.